The molecule has 0 radical (unpaired) electrons. The summed E-state index contributed by atoms with van der Waals surface area (Å²) in [5.74, 6) is 0. The van der Waals surface area contributed by atoms with Crippen LogP contribution in [0.5, 0.6) is 0 Å². The molecule has 0 aromatic heterocycles. The van der Waals surface area contributed by atoms with Crippen LogP contribution in [0.25, 0.3) is 0 Å². The van der Waals surface area contributed by atoms with Crippen molar-refractivity contribution in [1.29, 1.82) is 0 Å². The van der Waals surface area contributed by atoms with Gasteiger partial charge in [0.25, 0.3) is 0 Å². The van der Waals surface area contributed by atoms with Crippen molar-refractivity contribution < 1.29 is 18.9 Å². The second kappa shape index (κ2) is 29.5. The molecule has 0 aliphatic heterocycles. The molecule has 0 heterocycles. The Morgan fingerprint density at radius 2 is 1.06 bits per heavy atom. The van der Waals surface area contributed by atoms with Crippen molar-refractivity contribution in [2.75, 3.05) is 27.1 Å². The third-order valence-corrected chi connectivity index (χ3v) is 6.04. The fourth-order valence-corrected chi connectivity index (χ4v) is 3.93. The lowest BCUT2D eigenvalue weighted by Crippen LogP contribution is -2.19. The Morgan fingerprint density at radius 1 is 0.576 bits per heavy atom. The zero-order valence-electron chi connectivity index (χ0n) is 22.6. The van der Waals surface area contributed by atoms with Gasteiger partial charge in [-0.2, -0.15) is 0 Å². The largest absolute Gasteiger partial charge is 0.476 e. The molecule has 0 rings (SSSR count). The average molecular weight is 471 g/mol. The molecule has 0 bridgehead atoms. The molecule has 4 heteroatoms. The monoisotopic (exact) mass is 470 g/mol. The molecule has 0 spiro atoms. The first-order chi connectivity index (χ1) is 16.3. The van der Waals surface area contributed by atoms with Crippen LogP contribution in [0.4, 0.5) is 0 Å². The summed E-state index contributed by atoms with van der Waals surface area (Å²) < 4.78 is 22.2. The quantitative estimate of drug-likeness (QED) is 0.0648. The zero-order valence-corrected chi connectivity index (χ0v) is 22.6. The third-order valence-electron chi connectivity index (χ3n) is 6.04. The van der Waals surface area contributed by atoms with Gasteiger partial charge < -0.3 is 18.9 Å². The van der Waals surface area contributed by atoms with E-state index in [4.69, 9.17) is 18.9 Å². The summed E-state index contributed by atoms with van der Waals surface area (Å²) in [5.41, 5.74) is 0. The first-order valence-corrected chi connectivity index (χ1v) is 14.3. The van der Waals surface area contributed by atoms with E-state index in [0.29, 0.717) is 6.79 Å². The predicted molar refractivity (Wildman–Crippen MR) is 141 cm³/mol. The predicted octanol–water partition coefficient (Wildman–Crippen LogP) is 9.32. The Morgan fingerprint density at radius 3 is 1.61 bits per heavy atom. The van der Waals surface area contributed by atoms with E-state index < -0.39 is 0 Å². The van der Waals surface area contributed by atoms with E-state index in [0.717, 1.165) is 26.1 Å². The fourth-order valence-electron chi connectivity index (χ4n) is 3.93. The zero-order chi connectivity index (χ0) is 24.1. The Hall–Kier alpha value is -0.580. The van der Waals surface area contributed by atoms with Gasteiger partial charge in [-0.25, -0.2) is 0 Å². The molecule has 0 amide bonds. The van der Waals surface area contributed by atoms with Gasteiger partial charge >= 0.3 is 0 Å². The molecule has 0 saturated carbocycles. The maximum absolute atomic E-state index is 6.12. The van der Waals surface area contributed by atoms with Gasteiger partial charge in [0.2, 0.25) is 0 Å². The lowest BCUT2D eigenvalue weighted by atomic mass is 10.1. The van der Waals surface area contributed by atoms with Crippen molar-refractivity contribution in [1.82, 2.24) is 0 Å². The van der Waals surface area contributed by atoms with Crippen LogP contribution in [0, 0.1) is 0 Å². The normalized spacial score (nSPS) is 11.8. The van der Waals surface area contributed by atoms with Crippen molar-refractivity contribution in [2.45, 2.75) is 149 Å². The molecule has 198 valence electrons. The number of hydrogen-bond acceptors (Lipinski definition) is 4. The molecule has 0 atom stereocenters. The Labute approximate surface area is 207 Å². The Balaban J connectivity index is 3.71. The van der Waals surface area contributed by atoms with Crippen LogP contribution in [0.3, 0.4) is 0 Å². The summed E-state index contributed by atoms with van der Waals surface area (Å²) in [4.78, 5) is 0. The Bertz CT molecular complexity index is 357. The van der Waals surface area contributed by atoms with E-state index in [9.17, 15) is 0 Å². The minimum atomic E-state index is 0.0169. The van der Waals surface area contributed by atoms with Gasteiger partial charge in [-0.05, 0) is 44.6 Å². The van der Waals surface area contributed by atoms with E-state index >= 15 is 0 Å². The van der Waals surface area contributed by atoms with Gasteiger partial charge in [0.15, 0.2) is 13.1 Å². The summed E-state index contributed by atoms with van der Waals surface area (Å²) in [5, 5.41) is 0. The van der Waals surface area contributed by atoms with Crippen LogP contribution in [0.1, 0.15) is 142 Å². The highest BCUT2D eigenvalue weighted by Gasteiger charge is 2.09. The molecule has 0 aromatic carbocycles. The molecular formula is C29H58O4. The summed E-state index contributed by atoms with van der Waals surface area (Å²) in [7, 11) is 1.64. The molecule has 33 heavy (non-hydrogen) atoms. The van der Waals surface area contributed by atoms with Gasteiger partial charge in [-0.15, -0.1) is 0 Å². The van der Waals surface area contributed by atoms with Gasteiger partial charge in [0, 0.05) is 20.3 Å². The summed E-state index contributed by atoms with van der Waals surface area (Å²) in [6, 6.07) is 0. The minimum absolute atomic E-state index is 0.0169. The number of hydrogen-bond donors (Lipinski definition) is 0. The molecule has 4 nitrogen and oxygen atoms in total. The van der Waals surface area contributed by atoms with Crippen molar-refractivity contribution in [3.8, 4) is 0 Å². The van der Waals surface area contributed by atoms with Crippen LogP contribution in [-0.4, -0.2) is 33.4 Å². The standard InChI is InChI=1S/C29H58O4/c1-4-6-8-17-22-26-32-29(33-27-23-18-9-7-5-2)24-20-16-14-12-10-11-13-15-19-21-25-31-28-30-3/h21,25,29H,4-20,22-24,26-28H2,1-3H3. The SMILES string of the molecule is CCCCCCCOC(CCCCCCCCCCC=COCOC)OCCCCCCC. The van der Waals surface area contributed by atoms with E-state index in [2.05, 4.69) is 19.9 Å². The highest BCUT2D eigenvalue weighted by Crippen LogP contribution is 2.15. The highest BCUT2D eigenvalue weighted by molar-refractivity contribution is 4.72. The van der Waals surface area contributed by atoms with Gasteiger partial charge in [0.1, 0.15) is 0 Å². The molecule has 0 unspecified atom stereocenters. The van der Waals surface area contributed by atoms with E-state index in [1.165, 1.54) is 116 Å². The number of ether oxygens (including phenoxy) is 4. The van der Waals surface area contributed by atoms with E-state index in [1.807, 2.05) is 0 Å². The smallest absolute Gasteiger partial charge is 0.187 e. The lowest BCUT2D eigenvalue weighted by Gasteiger charge is -2.19. The Kier molecular flexibility index (Phi) is 28.9. The molecule has 0 aliphatic rings. The summed E-state index contributed by atoms with van der Waals surface area (Å²) >= 11 is 0. The molecule has 0 aliphatic carbocycles. The highest BCUT2D eigenvalue weighted by atomic mass is 16.7. The van der Waals surface area contributed by atoms with Crippen molar-refractivity contribution in [3.63, 3.8) is 0 Å². The molecule has 0 saturated heterocycles. The molecule has 0 N–H and O–H groups in total. The number of allylic oxidation sites excluding steroid dienone is 1. The second-order valence-electron chi connectivity index (χ2n) is 9.35. The maximum atomic E-state index is 6.12. The number of unbranched alkanes of at least 4 members (excludes halogenated alkanes) is 16. The fraction of sp³-hybridized carbons (Fsp3) is 0.931. The van der Waals surface area contributed by atoms with Crippen LogP contribution < -0.4 is 0 Å². The molecule has 0 aromatic rings. The van der Waals surface area contributed by atoms with Crippen molar-refractivity contribution >= 4 is 0 Å². The van der Waals surface area contributed by atoms with Crippen LogP contribution in [0.15, 0.2) is 12.3 Å². The van der Waals surface area contributed by atoms with E-state index in [1.54, 1.807) is 13.4 Å². The van der Waals surface area contributed by atoms with E-state index in [-0.39, 0.29) is 6.29 Å². The third kappa shape index (κ3) is 27.5. The number of rotatable bonds is 28. The number of methoxy groups -OCH3 is 1. The van der Waals surface area contributed by atoms with Crippen LogP contribution in [-0.2, 0) is 18.9 Å². The van der Waals surface area contributed by atoms with Crippen LogP contribution in [0.2, 0.25) is 0 Å². The molecular weight excluding hydrogens is 412 g/mol. The summed E-state index contributed by atoms with van der Waals surface area (Å²) in [6.07, 6.45) is 29.4. The maximum Gasteiger partial charge on any atom is 0.187 e. The van der Waals surface area contributed by atoms with Crippen LogP contribution >= 0.6 is 0 Å². The second-order valence-corrected chi connectivity index (χ2v) is 9.35. The first kappa shape index (κ1) is 32.4. The summed E-state index contributed by atoms with van der Waals surface area (Å²) in [6.45, 7) is 6.59. The van der Waals surface area contributed by atoms with Gasteiger partial charge in [0.05, 0.1) is 6.26 Å². The first-order valence-electron chi connectivity index (χ1n) is 14.3. The lowest BCUT2D eigenvalue weighted by molar-refractivity contribution is -0.148. The van der Waals surface area contributed by atoms with Gasteiger partial charge in [-0.1, -0.05) is 104 Å². The average Bonchev–Trinajstić information content (AvgIpc) is 2.83. The topological polar surface area (TPSA) is 36.9 Å². The minimum Gasteiger partial charge on any atom is -0.476 e. The van der Waals surface area contributed by atoms with Crippen molar-refractivity contribution in [2.24, 2.45) is 0 Å². The van der Waals surface area contributed by atoms with Crippen molar-refractivity contribution in [3.05, 3.63) is 12.3 Å². The molecule has 0 fully saturated rings. The van der Waals surface area contributed by atoms with Gasteiger partial charge in [-0.3, -0.25) is 0 Å².